The van der Waals surface area contributed by atoms with Crippen LogP contribution in [0.15, 0.2) is 59.8 Å². The molecule has 2 aliphatic rings. The Morgan fingerprint density at radius 2 is 2.07 bits per heavy atom. The number of dihydropyridines is 1. The number of nitrogens with one attached hydrogen (secondary N) is 2. The van der Waals surface area contributed by atoms with E-state index in [0.29, 0.717) is 12.0 Å². The fourth-order valence-electron chi connectivity index (χ4n) is 4.00. The van der Waals surface area contributed by atoms with Gasteiger partial charge in [-0.25, -0.2) is 0 Å². The van der Waals surface area contributed by atoms with Crippen LogP contribution in [0, 0.1) is 12.8 Å². The van der Waals surface area contributed by atoms with Crippen molar-refractivity contribution in [1.82, 2.24) is 10.2 Å². The van der Waals surface area contributed by atoms with E-state index in [1.165, 1.54) is 11.3 Å². The number of carbonyl (C=O) groups is 1. The SMILES string of the molecule is CC/C=C\C1=C(C(=O)N2CCC(C(C)Nc3ccccc3C)CC2)C=CNC1. The van der Waals surface area contributed by atoms with E-state index < -0.39 is 0 Å². The van der Waals surface area contributed by atoms with E-state index in [1.807, 2.05) is 17.2 Å². The molecule has 2 aliphatic heterocycles. The minimum atomic E-state index is 0.173. The van der Waals surface area contributed by atoms with Gasteiger partial charge in [0.25, 0.3) is 5.91 Å². The van der Waals surface area contributed by atoms with Crippen molar-refractivity contribution < 1.29 is 4.79 Å². The molecule has 1 amide bonds. The molecule has 28 heavy (non-hydrogen) atoms. The molecule has 0 saturated carbocycles. The summed E-state index contributed by atoms with van der Waals surface area (Å²) in [5.74, 6) is 0.757. The van der Waals surface area contributed by atoms with E-state index >= 15 is 0 Å². The van der Waals surface area contributed by atoms with E-state index in [9.17, 15) is 4.79 Å². The number of nitrogens with zero attached hydrogens (tertiary/aromatic N) is 1. The Balaban J connectivity index is 1.59. The highest BCUT2D eigenvalue weighted by Crippen LogP contribution is 2.26. The Kier molecular flexibility index (Phi) is 6.96. The molecule has 150 valence electrons. The van der Waals surface area contributed by atoms with Gasteiger partial charge >= 0.3 is 0 Å². The van der Waals surface area contributed by atoms with Crippen molar-refractivity contribution in [2.75, 3.05) is 25.0 Å². The molecule has 0 spiro atoms. The summed E-state index contributed by atoms with van der Waals surface area (Å²) in [4.78, 5) is 15.1. The van der Waals surface area contributed by atoms with Crippen LogP contribution >= 0.6 is 0 Å². The highest BCUT2D eigenvalue weighted by molar-refractivity contribution is 5.97. The van der Waals surface area contributed by atoms with Crippen molar-refractivity contribution >= 4 is 11.6 Å². The lowest BCUT2D eigenvalue weighted by atomic mass is 9.89. The summed E-state index contributed by atoms with van der Waals surface area (Å²) in [6, 6.07) is 8.84. The quantitative estimate of drug-likeness (QED) is 0.769. The molecule has 4 nitrogen and oxygen atoms in total. The van der Waals surface area contributed by atoms with E-state index in [4.69, 9.17) is 0 Å². The molecule has 2 N–H and O–H groups in total. The number of para-hydroxylation sites is 1. The topological polar surface area (TPSA) is 44.4 Å². The predicted octanol–water partition coefficient (Wildman–Crippen LogP) is 4.41. The number of hydrogen-bond acceptors (Lipinski definition) is 3. The van der Waals surface area contributed by atoms with Gasteiger partial charge in [-0.05, 0) is 68.5 Å². The molecular formula is C24H33N3O. The molecule has 1 atom stereocenters. The molecule has 1 aromatic carbocycles. The molecule has 4 heteroatoms. The normalized spacial score (nSPS) is 19.0. The molecule has 1 saturated heterocycles. The smallest absolute Gasteiger partial charge is 0.254 e. The highest BCUT2D eigenvalue weighted by atomic mass is 16.2. The summed E-state index contributed by atoms with van der Waals surface area (Å²) in [5, 5.41) is 6.89. The summed E-state index contributed by atoms with van der Waals surface area (Å²) in [6.45, 7) is 8.91. The third kappa shape index (κ3) is 4.86. The van der Waals surface area contributed by atoms with E-state index in [2.05, 4.69) is 67.8 Å². The van der Waals surface area contributed by atoms with E-state index in [0.717, 1.165) is 50.0 Å². The van der Waals surface area contributed by atoms with Gasteiger partial charge in [0.05, 0.1) is 0 Å². The van der Waals surface area contributed by atoms with Crippen LogP contribution in [0.1, 0.15) is 38.7 Å². The number of likely N-dealkylation sites (tertiary alicyclic amines) is 1. The Bertz CT molecular complexity index is 770. The molecule has 0 aliphatic carbocycles. The zero-order valence-corrected chi connectivity index (χ0v) is 17.4. The third-order valence-corrected chi connectivity index (χ3v) is 5.85. The van der Waals surface area contributed by atoms with Crippen LogP contribution in [0.4, 0.5) is 5.69 Å². The van der Waals surface area contributed by atoms with Crippen molar-refractivity contribution in [3.8, 4) is 0 Å². The minimum absolute atomic E-state index is 0.173. The molecule has 0 bridgehead atoms. The fraction of sp³-hybridized carbons (Fsp3) is 0.458. The third-order valence-electron chi connectivity index (χ3n) is 5.85. The van der Waals surface area contributed by atoms with E-state index in [1.54, 1.807) is 0 Å². The average Bonchev–Trinajstić information content (AvgIpc) is 2.73. The summed E-state index contributed by atoms with van der Waals surface area (Å²) < 4.78 is 0. The summed E-state index contributed by atoms with van der Waals surface area (Å²) in [6.07, 6.45) is 11.1. The van der Waals surface area contributed by atoms with Gasteiger partial charge < -0.3 is 15.5 Å². The number of allylic oxidation sites excluding steroid dienone is 1. The van der Waals surface area contributed by atoms with Crippen LogP contribution in [0.3, 0.4) is 0 Å². The van der Waals surface area contributed by atoms with Crippen molar-refractivity contribution in [3.63, 3.8) is 0 Å². The van der Waals surface area contributed by atoms with Crippen LogP contribution in [0.25, 0.3) is 0 Å². The van der Waals surface area contributed by atoms with Crippen LogP contribution in [-0.4, -0.2) is 36.5 Å². The Morgan fingerprint density at radius 1 is 1.32 bits per heavy atom. The van der Waals surface area contributed by atoms with Crippen molar-refractivity contribution in [1.29, 1.82) is 0 Å². The Hall–Kier alpha value is -2.49. The van der Waals surface area contributed by atoms with Gasteiger partial charge in [-0.1, -0.05) is 37.3 Å². The van der Waals surface area contributed by atoms with Crippen LogP contribution in [0.5, 0.6) is 0 Å². The maximum Gasteiger partial charge on any atom is 0.254 e. The molecule has 0 radical (unpaired) electrons. The number of aryl methyl sites for hydroxylation is 1. The molecule has 2 heterocycles. The number of rotatable bonds is 6. The van der Waals surface area contributed by atoms with E-state index in [-0.39, 0.29) is 5.91 Å². The second-order valence-electron chi connectivity index (χ2n) is 7.84. The zero-order chi connectivity index (χ0) is 19.9. The van der Waals surface area contributed by atoms with Gasteiger partial charge in [-0.3, -0.25) is 4.79 Å². The number of anilines is 1. The standard InChI is InChI=1S/C24H33N3O/c1-4-5-9-21-17-25-14-11-22(21)24(28)27-15-12-20(13-16-27)19(3)26-23-10-7-6-8-18(23)2/h5-11,14,19-20,25-26H,4,12-13,15-17H2,1-3H3/b9-5-. The van der Waals surface area contributed by atoms with Gasteiger partial charge in [-0.2, -0.15) is 0 Å². The summed E-state index contributed by atoms with van der Waals surface area (Å²) >= 11 is 0. The summed E-state index contributed by atoms with van der Waals surface area (Å²) in [5.41, 5.74) is 4.42. The monoisotopic (exact) mass is 379 g/mol. The van der Waals surface area contributed by atoms with Crippen LogP contribution < -0.4 is 10.6 Å². The second-order valence-corrected chi connectivity index (χ2v) is 7.84. The Morgan fingerprint density at radius 3 is 2.79 bits per heavy atom. The van der Waals surface area contributed by atoms with Gasteiger partial charge in [-0.15, -0.1) is 0 Å². The van der Waals surface area contributed by atoms with Gasteiger partial charge in [0, 0.05) is 36.9 Å². The molecule has 1 unspecified atom stereocenters. The highest BCUT2D eigenvalue weighted by Gasteiger charge is 2.28. The zero-order valence-electron chi connectivity index (χ0n) is 17.4. The number of benzene rings is 1. The average molecular weight is 380 g/mol. The molecule has 0 aromatic heterocycles. The van der Waals surface area contributed by atoms with Crippen molar-refractivity contribution in [2.45, 2.75) is 46.1 Å². The first-order valence-corrected chi connectivity index (χ1v) is 10.5. The lowest BCUT2D eigenvalue weighted by molar-refractivity contribution is -0.128. The Labute approximate surface area is 169 Å². The van der Waals surface area contributed by atoms with Gasteiger partial charge in [0.2, 0.25) is 0 Å². The minimum Gasteiger partial charge on any atom is -0.387 e. The maximum absolute atomic E-state index is 13.1. The van der Waals surface area contributed by atoms with Crippen LogP contribution in [0.2, 0.25) is 0 Å². The van der Waals surface area contributed by atoms with Crippen molar-refractivity contribution in [3.05, 3.63) is 65.4 Å². The second kappa shape index (κ2) is 9.63. The molecular weight excluding hydrogens is 346 g/mol. The summed E-state index contributed by atoms with van der Waals surface area (Å²) in [7, 11) is 0. The predicted molar refractivity (Wildman–Crippen MR) is 117 cm³/mol. The first-order valence-electron chi connectivity index (χ1n) is 10.5. The lowest BCUT2D eigenvalue weighted by Crippen LogP contribution is -2.43. The van der Waals surface area contributed by atoms with Gasteiger partial charge in [0.15, 0.2) is 0 Å². The van der Waals surface area contributed by atoms with Gasteiger partial charge in [0.1, 0.15) is 0 Å². The number of piperidine rings is 1. The number of hydrogen-bond donors (Lipinski definition) is 2. The molecule has 1 fully saturated rings. The first-order chi connectivity index (χ1) is 13.6. The number of carbonyl (C=O) groups excluding carboxylic acids is 1. The lowest BCUT2D eigenvalue weighted by Gasteiger charge is -2.36. The molecule has 1 aromatic rings. The molecule has 3 rings (SSSR count). The maximum atomic E-state index is 13.1. The number of amides is 1. The van der Waals surface area contributed by atoms with Crippen LogP contribution in [-0.2, 0) is 4.79 Å². The fourth-order valence-corrected chi connectivity index (χ4v) is 4.00. The first kappa shape index (κ1) is 20.2. The largest absolute Gasteiger partial charge is 0.387 e. The van der Waals surface area contributed by atoms with Crippen molar-refractivity contribution in [2.24, 2.45) is 5.92 Å².